The van der Waals surface area contributed by atoms with Crippen molar-refractivity contribution >= 4 is 24.8 Å². The Morgan fingerprint density at radius 3 is 2.28 bits per heavy atom. The molecule has 0 radical (unpaired) electrons. The van der Waals surface area contributed by atoms with Crippen molar-refractivity contribution in [2.75, 3.05) is 33.3 Å². The molecular weight excluding hydrogens is 376 g/mol. The maximum absolute atomic E-state index is 13.6. The number of ether oxygens (including phenoxy) is 1. The van der Waals surface area contributed by atoms with Crippen molar-refractivity contribution in [1.29, 1.82) is 0 Å². The Balaban J connectivity index is 0.00000288. The molecule has 1 fully saturated rings. The minimum atomic E-state index is -4.39. The molecule has 0 amide bonds. The van der Waals surface area contributed by atoms with E-state index in [4.69, 9.17) is 4.74 Å². The zero-order valence-corrected chi connectivity index (χ0v) is 16.4. The number of methoxy groups -OCH3 is 1. The molecule has 0 bridgehead atoms. The molecule has 1 aliphatic heterocycles. The first kappa shape index (κ1) is 24.3. The van der Waals surface area contributed by atoms with Crippen molar-refractivity contribution in [1.82, 2.24) is 10.2 Å². The lowest BCUT2D eigenvalue weighted by Gasteiger charge is -2.39. The smallest absolute Gasteiger partial charge is 0.416 e. The molecule has 25 heavy (non-hydrogen) atoms. The van der Waals surface area contributed by atoms with Crippen LogP contribution in [0.3, 0.4) is 0 Å². The third kappa shape index (κ3) is 5.91. The first-order valence-electron chi connectivity index (χ1n) is 8.08. The molecule has 1 unspecified atom stereocenters. The Kier molecular flexibility index (Phi) is 10.2. The highest BCUT2D eigenvalue weighted by molar-refractivity contribution is 5.85. The zero-order chi connectivity index (χ0) is 17.0. The van der Waals surface area contributed by atoms with Gasteiger partial charge >= 0.3 is 6.18 Å². The Bertz CT molecular complexity index is 523. The fourth-order valence-electron chi connectivity index (χ4n) is 3.21. The third-order valence-corrected chi connectivity index (χ3v) is 4.61. The number of piperazine rings is 1. The SMILES string of the molecule is CCC(C)[C@@H](c1ccc(OC)cc1C(F)(F)F)N1CCNCC1.Cl.Cl. The number of halogens is 5. The van der Waals surface area contributed by atoms with Crippen molar-refractivity contribution < 1.29 is 17.9 Å². The number of hydrogen-bond acceptors (Lipinski definition) is 3. The minimum absolute atomic E-state index is 0. The number of nitrogens with zero attached hydrogens (tertiary/aromatic N) is 1. The summed E-state index contributed by atoms with van der Waals surface area (Å²) in [5, 5.41) is 3.26. The normalized spacial score (nSPS) is 17.8. The van der Waals surface area contributed by atoms with Crippen LogP contribution in [0.2, 0.25) is 0 Å². The molecular formula is C17H27Cl2F3N2O. The largest absolute Gasteiger partial charge is 0.497 e. The summed E-state index contributed by atoms with van der Waals surface area (Å²) in [6, 6.07) is 4.10. The number of rotatable bonds is 5. The lowest BCUT2D eigenvalue weighted by Crippen LogP contribution is -2.47. The summed E-state index contributed by atoms with van der Waals surface area (Å²) in [6.07, 6.45) is -3.55. The molecule has 146 valence electrons. The number of benzene rings is 1. The van der Waals surface area contributed by atoms with Crippen LogP contribution >= 0.6 is 24.8 Å². The van der Waals surface area contributed by atoms with Crippen LogP contribution in [0, 0.1) is 5.92 Å². The Hall–Kier alpha value is -0.690. The van der Waals surface area contributed by atoms with Gasteiger partial charge in [0.25, 0.3) is 0 Å². The molecule has 0 aromatic heterocycles. The second-order valence-corrected chi connectivity index (χ2v) is 6.07. The topological polar surface area (TPSA) is 24.5 Å². The van der Waals surface area contributed by atoms with Gasteiger partial charge in [-0.2, -0.15) is 13.2 Å². The van der Waals surface area contributed by atoms with Crippen LogP contribution in [0.5, 0.6) is 5.75 Å². The van der Waals surface area contributed by atoms with Crippen molar-refractivity contribution in [2.45, 2.75) is 32.5 Å². The second kappa shape index (κ2) is 10.5. The molecule has 1 aromatic carbocycles. The van der Waals surface area contributed by atoms with E-state index in [9.17, 15) is 13.2 Å². The Morgan fingerprint density at radius 2 is 1.80 bits per heavy atom. The fraction of sp³-hybridized carbons (Fsp3) is 0.647. The van der Waals surface area contributed by atoms with Crippen molar-refractivity contribution in [3.63, 3.8) is 0 Å². The number of nitrogens with one attached hydrogen (secondary N) is 1. The standard InChI is InChI=1S/C17H25F3N2O.2ClH/c1-4-12(2)16(22-9-7-21-8-10-22)14-6-5-13(23-3)11-15(14)17(18,19)20;;/h5-6,11-12,16,21H,4,7-10H2,1-3H3;2*1H/t12?,16-;;/m0../s1. The van der Waals surface area contributed by atoms with E-state index in [0.717, 1.165) is 38.7 Å². The molecule has 8 heteroatoms. The van der Waals surface area contributed by atoms with Gasteiger partial charge in [0.15, 0.2) is 0 Å². The number of alkyl halides is 3. The van der Waals surface area contributed by atoms with Crippen molar-refractivity contribution in [3.05, 3.63) is 29.3 Å². The van der Waals surface area contributed by atoms with Crippen LogP contribution in [-0.2, 0) is 6.18 Å². The van der Waals surface area contributed by atoms with Gasteiger partial charge in [-0.05, 0) is 23.6 Å². The van der Waals surface area contributed by atoms with Crippen LogP contribution in [0.1, 0.15) is 37.4 Å². The van der Waals surface area contributed by atoms with Gasteiger partial charge in [-0.15, -0.1) is 24.8 Å². The van der Waals surface area contributed by atoms with E-state index in [2.05, 4.69) is 10.2 Å². The molecule has 1 saturated heterocycles. The maximum atomic E-state index is 13.6. The number of hydrogen-bond donors (Lipinski definition) is 1. The summed E-state index contributed by atoms with van der Waals surface area (Å²) in [5.41, 5.74) is -0.227. The van der Waals surface area contributed by atoms with E-state index in [1.165, 1.54) is 7.11 Å². The molecule has 0 aliphatic carbocycles. The van der Waals surface area contributed by atoms with Crippen LogP contribution in [0.15, 0.2) is 18.2 Å². The maximum Gasteiger partial charge on any atom is 0.416 e. The molecule has 1 N–H and O–H groups in total. The zero-order valence-electron chi connectivity index (χ0n) is 14.7. The van der Waals surface area contributed by atoms with Gasteiger partial charge in [0, 0.05) is 32.2 Å². The molecule has 0 spiro atoms. The highest BCUT2D eigenvalue weighted by atomic mass is 35.5. The first-order valence-corrected chi connectivity index (χ1v) is 8.08. The van der Waals surface area contributed by atoms with E-state index in [0.29, 0.717) is 5.56 Å². The van der Waals surface area contributed by atoms with E-state index >= 15 is 0 Å². The summed E-state index contributed by atoms with van der Waals surface area (Å²) in [6.45, 7) is 7.19. The van der Waals surface area contributed by atoms with Crippen LogP contribution < -0.4 is 10.1 Å². The van der Waals surface area contributed by atoms with Gasteiger partial charge in [0.05, 0.1) is 12.7 Å². The Morgan fingerprint density at radius 1 is 1.20 bits per heavy atom. The lowest BCUT2D eigenvalue weighted by atomic mass is 9.87. The van der Waals surface area contributed by atoms with E-state index < -0.39 is 11.7 Å². The van der Waals surface area contributed by atoms with Gasteiger partial charge in [0.2, 0.25) is 0 Å². The summed E-state index contributed by atoms with van der Waals surface area (Å²) in [5.74, 6) is 0.381. The first-order chi connectivity index (χ1) is 10.9. The van der Waals surface area contributed by atoms with Crippen LogP contribution in [0.25, 0.3) is 0 Å². The lowest BCUT2D eigenvalue weighted by molar-refractivity contribution is -0.139. The van der Waals surface area contributed by atoms with Crippen molar-refractivity contribution in [2.24, 2.45) is 5.92 Å². The van der Waals surface area contributed by atoms with E-state index in [1.54, 1.807) is 12.1 Å². The van der Waals surface area contributed by atoms with Gasteiger partial charge in [-0.1, -0.05) is 26.3 Å². The average Bonchev–Trinajstić information content (AvgIpc) is 2.55. The molecule has 0 saturated carbocycles. The van der Waals surface area contributed by atoms with Gasteiger partial charge in [-0.25, -0.2) is 0 Å². The quantitative estimate of drug-likeness (QED) is 0.781. The molecule has 3 nitrogen and oxygen atoms in total. The molecule has 1 aliphatic rings. The molecule has 1 heterocycles. The van der Waals surface area contributed by atoms with Crippen molar-refractivity contribution in [3.8, 4) is 5.75 Å². The average molecular weight is 403 g/mol. The summed E-state index contributed by atoms with van der Waals surface area (Å²) >= 11 is 0. The summed E-state index contributed by atoms with van der Waals surface area (Å²) in [7, 11) is 1.39. The Labute approximate surface area is 160 Å². The monoisotopic (exact) mass is 402 g/mol. The predicted octanol–water partition coefficient (Wildman–Crippen LogP) is 4.55. The minimum Gasteiger partial charge on any atom is -0.497 e. The molecule has 2 atom stereocenters. The third-order valence-electron chi connectivity index (χ3n) is 4.61. The van der Waals surface area contributed by atoms with E-state index in [-0.39, 0.29) is 42.5 Å². The van der Waals surface area contributed by atoms with Crippen LogP contribution in [0.4, 0.5) is 13.2 Å². The highest BCUT2D eigenvalue weighted by Gasteiger charge is 2.38. The molecule has 1 aromatic rings. The highest BCUT2D eigenvalue weighted by Crippen LogP contribution is 2.41. The summed E-state index contributed by atoms with van der Waals surface area (Å²) < 4.78 is 45.7. The van der Waals surface area contributed by atoms with Gasteiger partial charge in [0.1, 0.15) is 5.75 Å². The molecule has 2 rings (SSSR count). The van der Waals surface area contributed by atoms with Crippen LogP contribution in [-0.4, -0.2) is 38.2 Å². The summed E-state index contributed by atoms with van der Waals surface area (Å²) in [4.78, 5) is 2.17. The fourth-order valence-corrected chi connectivity index (χ4v) is 3.21. The van der Waals surface area contributed by atoms with Gasteiger partial charge < -0.3 is 10.1 Å². The van der Waals surface area contributed by atoms with Gasteiger partial charge in [-0.3, -0.25) is 4.90 Å². The predicted molar refractivity (Wildman–Crippen MR) is 99.1 cm³/mol. The van der Waals surface area contributed by atoms with E-state index in [1.807, 2.05) is 13.8 Å². The second-order valence-electron chi connectivity index (χ2n) is 6.07.